The van der Waals surface area contributed by atoms with Gasteiger partial charge in [-0.15, -0.1) is 0 Å². The van der Waals surface area contributed by atoms with E-state index < -0.39 is 5.60 Å². The summed E-state index contributed by atoms with van der Waals surface area (Å²) < 4.78 is 0. The van der Waals surface area contributed by atoms with Crippen LogP contribution in [0.25, 0.3) is 0 Å². The van der Waals surface area contributed by atoms with E-state index in [9.17, 15) is 5.11 Å². The van der Waals surface area contributed by atoms with Gasteiger partial charge in [-0.1, -0.05) is 19.3 Å². The molecule has 1 unspecified atom stereocenters. The first kappa shape index (κ1) is 12.0. The lowest BCUT2D eigenvalue weighted by Gasteiger charge is -2.37. The molecule has 3 nitrogen and oxygen atoms in total. The van der Waals surface area contributed by atoms with E-state index in [1.165, 1.54) is 6.42 Å². The van der Waals surface area contributed by atoms with Crippen LogP contribution in [0, 0.1) is 0 Å². The van der Waals surface area contributed by atoms with E-state index in [-0.39, 0.29) is 12.6 Å². The fraction of sp³-hybridized carbons (Fsp3) is 1.00. The second kappa shape index (κ2) is 5.10. The van der Waals surface area contributed by atoms with Crippen LogP contribution in [0.4, 0.5) is 0 Å². The molecule has 1 aliphatic rings. The molecule has 1 atom stereocenters. The van der Waals surface area contributed by atoms with Gasteiger partial charge in [0.25, 0.3) is 0 Å². The van der Waals surface area contributed by atoms with Crippen molar-refractivity contribution in [1.82, 2.24) is 4.90 Å². The highest BCUT2D eigenvalue weighted by Gasteiger charge is 2.31. The van der Waals surface area contributed by atoms with Crippen molar-refractivity contribution < 1.29 is 10.2 Å². The molecule has 1 rings (SSSR count). The lowest BCUT2D eigenvalue weighted by atomic mass is 9.84. The van der Waals surface area contributed by atoms with Crippen molar-refractivity contribution in [3.63, 3.8) is 0 Å². The van der Waals surface area contributed by atoms with Crippen LogP contribution in [0.1, 0.15) is 39.0 Å². The number of aliphatic hydroxyl groups is 2. The van der Waals surface area contributed by atoms with E-state index in [2.05, 4.69) is 0 Å². The van der Waals surface area contributed by atoms with Crippen LogP contribution >= 0.6 is 0 Å². The largest absolute Gasteiger partial charge is 0.395 e. The van der Waals surface area contributed by atoms with Crippen molar-refractivity contribution in [3.05, 3.63) is 0 Å². The molecule has 0 amide bonds. The van der Waals surface area contributed by atoms with E-state index in [4.69, 9.17) is 5.11 Å². The lowest BCUT2D eigenvalue weighted by molar-refractivity contribution is -0.0320. The maximum absolute atomic E-state index is 10.3. The zero-order chi connectivity index (χ0) is 10.6. The zero-order valence-electron chi connectivity index (χ0n) is 9.37. The van der Waals surface area contributed by atoms with Gasteiger partial charge in [0, 0.05) is 12.6 Å². The zero-order valence-corrected chi connectivity index (χ0v) is 9.37. The topological polar surface area (TPSA) is 43.7 Å². The second-order valence-corrected chi connectivity index (χ2v) is 4.73. The number of likely N-dealkylation sites (N-methyl/N-ethyl adjacent to an activating group) is 1. The SMILES string of the molecule is CC(CO)N(C)CC1(O)CCCCC1. The molecule has 0 spiro atoms. The molecule has 1 saturated carbocycles. The Balaban J connectivity index is 2.40. The summed E-state index contributed by atoms with van der Waals surface area (Å²) in [4.78, 5) is 2.05. The summed E-state index contributed by atoms with van der Waals surface area (Å²) in [5.74, 6) is 0. The molecular weight excluding hydrogens is 178 g/mol. The Morgan fingerprint density at radius 3 is 2.36 bits per heavy atom. The first-order valence-corrected chi connectivity index (χ1v) is 5.61. The van der Waals surface area contributed by atoms with E-state index in [0.29, 0.717) is 6.54 Å². The summed E-state index contributed by atoms with van der Waals surface area (Å²) in [6.45, 7) is 2.83. The number of hydrogen-bond donors (Lipinski definition) is 2. The van der Waals surface area contributed by atoms with Gasteiger partial charge in [-0.3, -0.25) is 4.90 Å². The Morgan fingerprint density at radius 1 is 1.29 bits per heavy atom. The molecule has 0 aliphatic heterocycles. The Bertz CT molecular complexity index is 167. The summed E-state index contributed by atoms with van der Waals surface area (Å²) >= 11 is 0. The highest BCUT2D eigenvalue weighted by Crippen LogP contribution is 2.28. The first-order chi connectivity index (χ1) is 6.57. The van der Waals surface area contributed by atoms with Crippen LogP contribution in [0.5, 0.6) is 0 Å². The normalized spacial score (nSPS) is 23.8. The predicted octanol–water partition coefficient (Wildman–Crippen LogP) is 0.994. The van der Waals surface area contributed by atoms with Crippen LogP contribution in [-0.4, -0.2) is 47.0 Å². The van der Waals surface area contributed by atoms with Crippen molar-refractivity contribution in [2.45, 2.75) is 50.7 Å². The minimum atomic E-state index is -0.504. The van der Waals surface area contributed by atoms with Gasteiger partial charge in [-0.25, -0.2) is 0 Å². The van der Waals surface area contributed by atoms with Crippen LogP contribution < -0.4 is 0 Å². The molecule has 3 heteroatoms. The molecule has 84 valence electrons. The summed E-state index contributed by atoms with van der Waals surface area (Å²) in [6, 6.07) is 0.140. The predicted molar refractivity (Wildman–Crippen MR) is 57.2 cm³/mol. The summed E-state index contributed by atoms with van der Waals surface area (Å²) in [5, 5.41) is 19.3. The Kier molecular flexibility index (Phi) is 4.35. The molecule has 0 saturated heterocycles. The molecule has 14 heavy (non-hydrogen) atoms. The van der Waals surface area contributed by atoms with Crippen molar-refractivity contribution in [1.29, 1.82) is 0 Å². The third-order valence-electron chi connectivity index (χ3n) is 3.34. The molecule has 0 radical (unpaired) electrons. The van der Waals surface area contributed by atoms with Gasteiger partial charge in [0.05, 0.1) is 12.2 Å². The molecule has 0 aromatic heterocycles. The fourth-order valence-corrected chi connectivity index (χ4v) is 2.13. The summed E-state index contributed by atoms with van der Waals surface area (Å²) in [5.41, 5.74) is -0.504. The maximum Gasteiger partial charge on any atom is 0.0774 e. The summed E-state index contributed by atoms with van der Waals surface area (Å²) in [7, 11) is 1.97. The smallest absolute Gasteiger partial charge is 0.0774 e. The monoisotopic (exact) mass is 201 g/mol. The molecule has 1 fully saturated rings. The van der Waals surface area contributed by atoms with Crippen LogP contribution in [0.3, 0.4) is 0 Å². The maximum atomic E-state index is 10.3. The Morgan fingerprint density at radius 2 is 1.86 bits per heavy atom. The van der Waals surface area contributed by atoms with E-state index >= 15 is 0 Å². The van der Waals surface area contributed by atoms with E-state index in [0.717, 1.165) is 25.7 Å². The molecule has 0 bridgehead atoms. The Hall–Kier alpha value is -0.120. The van der Waals surface area contributed by atoms with E-state index in [1.54, 1.807) is 0 Å². The standard InChI is InChI=1S/C11H23NO2/c1-10(8-13)12(2)9-11(14)6-4-3-5-7-11/h10,13-14H,3-9H2,1-2H3. The van der Waals surface area contributed by atoms with Gasteiger partial charge in [-0.2, -0.15) is 0 Å². The third-order valence-corrected chi connectivity index (χ3v) is 3.34. The molecule has 2 N–H and O–H groups in total. The van der Waals surface area contributed by atoms with Crippen molar-refractivity contribution in [2.75, 3.05) is 20.2 Å². The first-order valence-electron chi connectivity index (χ1n) is 5.61. The average molecular weight is 201 g/mol. The Labute approximate surface area is 86.7 Å². The minimum Gasteiger partial charge on any atom is -0.395 e. The van der Waals surface area contributed by atoms with Gasteiger partial charge in [-0.05, 0) is 26.8 Å². The third kappa shape index (κ3) is 3.23. The quantitative estimate of drug-likeness (QED) is 0.713. The molecule has 1 aliphatic carbocycles. The van der Waals surface area contributed by atoms with Crippen molar-refractivity contribution in [3.8, 4) is 0 Å². The molecular formula is C11H23NO2. The number of nitrogens with zero attached hydrogens (tertiary/aromatic N) is 1. The van der Waals surface area contributed by atoms with Gasteiger partial charge in [0.1, 0.15) is 0 Å². The fourth-order valence-electron chi connectivity index (χ4n) is 2.13. The van der Waals surface area contributed by atoms with Crippen LogP contribution in [0.2, 0.25) is 0 Å². The van der Waals surface area contributed by atoms with Gasteiger partial charge in [0.2, 0.25) is 0 Å². The van der Waals surface area contributed by atoms with Crippen LogP contribution in [-0.2, 0) is 0 Å². The number of rotatable bonds is 4. The van der Waals surface area contributed by atoms with Gasteiger partial charge < -0.3 is 10.2 Å². The van der Waals surface area contributed by atoms with Crippen molar-refractivity contribution >= 4 is 0 Å². The second-order valence-electron chi connectivity index (χ2n) is 4.73. The average Bonchev–Trinajstić information content (AvgIpc) is 2.17. The molecule has 0 heterocycles. The number of aliphatic hydroxyl groups excluding tert-OH is 1. The number of hydrogen-bond acceptors (Lipinski definition) is 3. The highest BCUT2D eigenvalue weighted by molar-refractivity contribution is 4.85. The van der Waals surface area contributed by atoms with Crippen molar-refractivity contribution in [2.24, 2.45) is 0 Å². The van der Waals surface area contributed by atoms with Gasteiger partial charge >= 0.3 is 0 Å². The minimum absolute atomic E-state index is 0.140. The lowest BCUT2D eigenvalue weighted by Crippen LogP contribution is -2.46. The van der Waals surface area contributed by atoms with Gasteiger partial charge in [0.15, 0.2) is 0 Å². The molecule has 0 aromatic rings. The molecule has 0 aromatic carbocycles. The highest BCUT2D eigenvalue weighted by atomic mass is 16.3. The summed E-state index contributed by atoms with van der Waals surface area (Å²) in [6.07, 6.45) is 5.35. The van der Waals surface area contributed by atoms with E-state index in [1.807, 2.05) is 18.9 Å². The van der Waals surface area contributed by atoms with Crippen LogP contribution in [0.15, 0.2) is 0 Å².